The summed E-state index contributed by atoms with van der Waals surface area (Å²) in [7, 11) is 0. The molecule has 1 aromatic rings. The molecule has 1 amide bonds. The minimum atomic E-state index is -0.886. The van der Waals surface area contributed by atoms with Gasteiger partial charge < -0.3 is 10.2 Å². The number of amides is 1. The van der Waals surface area contributed by atoms with Crippen molar-refractivity contribution in [2.75, 3.05) is 24.5 Å². The molecule has 2 fully saturated rings. The summed E-state index contributed by atoms with van der Waals surface area (Å²) in [6.45, 7) is 4.54. The van der Waals surface area contributed by atoms with E-state index in [-0.39, 0.29) is 5.91 Å². The fraction of sp³-hybridized carbons (Fsp3) is 0.562. The molecule has 5 heteroatoms. The molecule has 1 N–H and O–H groups in total. The van der Waals surface area contributed by atoms with Crippen LogP contribution in [-0.4, -0.2) is 29.9 Å². The third-order valence-corrected chi connectivity index (χ3v) is 5.82. The van der Waals surface area contributed by atoms with E-state index in [9.17, 15) is 4.79 Å². The van der Waals surface area contributed by atoms with Gasteiger partial charge in [0.2, 0.25) is 5.91 Å². The quantitative estimate of drug-likeness (QED) is 0.861. The molecule has 3 rings (SSSR count). The van der Waals surface area contributed by atoms with Crippen LogP contribution >= 0.6 is 23.2 Å². The predicted molar refractivity (Wildman–Crippen MR) is 86.9 cm³/mol. The Balaban J connectivity index is 1.49. The first-order valence-electron chi connectivity index (χ1n) is 7.38. The average molecular weight is 327 g/mol. The normalized spacial score (nSPS) is 30.2. The molecular weight excluding hydrogens is 307 g/mol. The molecule has 21 heavy (non-hydrogen) atoms. The number of carbonyl (C=O) groups excluding carboxylic acids is 1. The molecule has 3 nitrogen and oxygen atoms in total. The third-order valence-electron chi connectivity index (χ3n) is 4.72. The van der Waals surface area contributed by atoms with Crippen LogP contribution in [0.4, 0.5) is 5.69 Å². The molecule has 2 aliphatic rings. The summed E-state index contributed by atoms with van der Waals surface area (Å²) in [4.78, 5) is 14.5. The summed E-state index contributed by atoms with van der Waals surface area (Å²) < 4.78 is -0.886. The number of rotatable bonds is 4. The molecule has 0 radical (unpaired) electrons. The lowest BCUT2D eigenvalue weighted by molar-refractivity contribution is -0.125. The Hall–Kier alpha value is -0.930. The number of nitrogens with one attached hydrogen (secondary N) is 1. The Morgan fingerprint density at radius 1 is 1.38 bits per heavy atom. The number of halogens is 2. The lowest BCUT2D eigenvalue weighted by Gasteiger charge is -2.19. The van der Waals surface area contributed by atoms with Gasteiger partial charge in [0.05, 0.1) is 5.41 Å². The number of hydrogen-bond acceptors (Lipinski definition) is 2. The maximum absolute atomic E-state index is 12.2. The number of hydrogen-bond donors (Lipinski definition) is 1. The highest BCUT2D eigenvalue weighted by Gasteiger charge is 2.67. The first-order chi connectivity index (χ1) is 9.92. The van der Waals surface area contributed by atoms with E-state index in [1.54, 1.807) is 0 Å². The summed E-state index contributed by atoms with van der Waals surface area (Å²) >= 11 is 12.1. The number of alkyl halides is 2. The van der Waals surface area contributed by atoms with Crippen LogP contribution in [-0.2, 0) is 4.79 Å². The van der Waals surface area contributed by atoms with E-state index < -0.39 is 9.75 Å². The van der Waals surface area contributed by atoms with Gasteiger partial charge in [0.25, 0.3) is 0 Å². The number of benzene rings is 1. The summed E-state index contributed by atoms with van der Waals surface area (Å²) in [5, 5.41) is 3.02. The molecule has 0 unspecified atom stereocenters. The van der Waals surface area contributed by atoms with E-state index in [1.807, 2.05) is 13.0 Å². The topological polar surface area (TPSA) is 32.3 Å². The van der Waals surface area contributed by atoms with E-state index in [2.05, 4.69) is 34.5 Å². The first-order valence-corrected chi connectivity index (χ1v) is 8.14. The van der Waals surface area contributed by atoms with Crippen LogP contribution in [0.2, 0.25) is 0 Å². The lowest BCUT2D eigenvalue weighted by atomic mass is 10.1. The minimum Gasteiger partial charge on any atom is -0.371 e. The van der Waals surface area contributed by atoms with Crippen molar-refractivity contribution in [1.29, 1.82) is 0 Å². The molecule has 1 heterocycles. The fourth-order valence-electron chi connectivity index (χ4n) is 2.95. The molecular formula is C16H20Cl2N2O. The molecule has 0 aromatic heterocycles. The van der Waals surface area contributed by atoms with Crippen molar-refractivity contribution in [2.24, 2.45) is 11.3 Å². The highest BCUT2D eigenvalue weighted by molar-refractivity contribution is 6.53. The van der Waals surface area contributed by atoms with Crippen LogP contribution in [0.3, 0.4) is 0 Å². The summed E-state index contributed by atoms with van der Waals surface area (Å²) in [5.74, 6) is 0.460. The van der Waals surface area contributed by atoms with E-state index in [1.165, 1.54) is 5.69 Å². The molecule has 1 aliphatic carbocycles. The van der Waals surface area contributed by atoms with Crippen LogP contribution < -0.4 is 10.2 Å². The second kappa shape index (κ2) is 5.36. The molecule has 0 spiro atoms. The molecule has 1 aromatic carbocycles. The second-order valence-corrected chi connectivity index (χ2v) is 7.84. The zero-order chi connectivity index (χ0) is 15.1. The van der Waals surface area contributed by atoms with Crippen molar-refractivity contribution in [3.05, 3.63) is 30.3 Å². The summed E-state index contributed by atoms with van der Waals surface area (Å²) in [5.41, 5.74) is 0.634. The number of nitrogens with zero attached hydrogens (tertiary/aromatic N) is 1. The maximum atomic E-state index is 12.2. The maximum Gasteiger partial charge on any atom is 0.229 e. The van der Waals surface area contributed by atoms with Gasteiger partial charge in [-0.2, -0.15) is 0 Å². The molecule has 1 saturated heterocycles. The molecule has 1 saturated carbocycles. The van der Waals surface area contributed by atoms with E-state index in [4.69, 9.17) is 23.2 Å². The van der Waals surface area contributed by atoms with Gasteiger partial charge in [-0.25, -0.2) is 0 Å². The first kappa shape index (κ1) is 15.0. The number of para-hydroxylation sites is 1. The minimum absolute atomic E-state index is 0.0225. The number of anilines is 1. The van der Waals surface area contributed by atoms with Crippen molar-refractivity contribution in [3.8, 4) is 0 Å². The van der Waals surface area contributed by atoms with Crippen molar-refractivity contribution in [1.82, 2.24) is 5.32 Å². The van der Waals surface area contributed by atoms with Crippen molar-refractivity contribution < 1.29 is 4.79 Å². The van der Waals surface area contributed by atoms with Gasteiger partial charge >= 0.3 is 0 Å². The SMILES string of the molecule is C[C@]1(C(=O)NC[C@@H]2CCN(c3ccccc3)C2)CC1(Cl)Cl. The van der Waals surface area contributed by atoms with Crippen LogP contribution in [0.5, 0.6) is 0 Å². The Labute approximate surface area is 135 Å². The Morgan fingerprint density at radius 3 is 2.67 bits per heavy atom. The smallest absolute Gasteiger partial charge is 0.229 e. The standard InChI is InChI=1S/C16H20Cl2N2O/c1-15(11-16(15,17)18)14(21)19-9-12-7-8-20(10-12)13-5-3-2-4-6-13/h2-6,12H,7-11H2,1H3,(H,19,21)/t12-,15+/m0/s1. The largest absolute Gasteiger partial charge is 0.371 e. The summed E-state index contributed by atoms with van der Waals surface area (Å²) in [6.07, 6.45) is 1.63. The van der Waals surface area contributed by atoms with Gasteiger partial charge in [0, 0.05) is 25.3 Å². The van der Waals surface area contributed by atoms with Crippen LogP contribution in [0.1, 0.15) is 19.8 Å². The van der Waals surface area contributed by atoms with Crippen molar-refractivity contribution >= 4 is 34.8 Å². The van der Waals surface area contributed by atoms with Gasteiger partial charge in [-0.3, -0.25) is 4.79 Å². The Morgan fingerprint density at radius 2 is 2.05 bits per heavy atom. The lowest BCUT2D eigenvalue weighted by Crippen LogP contribution is -2.37. The predicted octanol–water partition coefficient (Wildman–Crippen LogP) is 3.21. The van der Waals surface area contributed by atoms with Gasteiger partial charge in [-0.05, 0) is 37.8 Å². The van der Waals surface area contributed by atoms with E-state index >= 15 is 0 Å². The molecule has 1 aliphatic heterocycles. The van der Waals surface area contributed by atoms with Crippen LogP contribution in [0.25, 0.3) is 0 Å². The van der Waals surface area contributed by atoms with Gasteiger partial charge in [0.15, 0.2) is 0 Å². The van der Waals surface area contributed by atoms with Gasteiger partial charge in [-0.1, -0.05) is 18.2 Å². The van der Waals surface area contributed by atoms with Crippen LogP contribution in [0.15, 0.2) is 30.3 Å². The van der Waals surface area contributed by atoms with Gasteiger partial charge in [0.1, 0.15) is 4.33 Å². The van der Waals surface area contributed by atoms with Gasteiger partial charge in [-0.15, -0.1) is 23.2 Å². The summed E-state index contributed by atoms with van der Waals surface area (Å²) in [6, 6.07) is 10.4. The highest BCUT2D eigenvalue weighted by Crippen LogP contribution is 2.63. The molecule has 0 bridgehead atoms. The number of carbonyl (C=O) groups is 1. The average Bonchev–Trinajstić information content (AvgIpc) is 2.83. The Kier molecular flexibility index (Phi) is 3.83. The Bertz CT molecular complexity index is 534. The van der Waals surface area contributed by atoms with Crippen molar-refractivity contribution in [3.63, 3.8) is 0 Å². The molecule has 114 valence electrons. The fourth-order valence-corrected chi connectivity index (χ4v) is 3.66. The highest BCUT2D eigenvalue weighted by atomic mass is 35.5. The zero-order valence-corrected chi connectivity index (χ0v) is 13.6. The van der Waals surface area contributed by atoms with Crippen molar-refractivity contribution in [2.45, 2.75) is 24.1 Å². The second-order valence-electron chi connectivity index (χ2n) is 6.36. The van der Waals surface area contributed by atoms with E-state index in [0.717, 1.165) is 19.5 Å². The van der Waals surface area contributed by atoms with Crippen LogP contribution in [0, 0.1) is 11.3 Å². The third kappa shape index (κ3) is 2.86. The molecule has 2 atom stereocenters. The monoisotopic (exact) mass is 326 g/mol. The zero-order valence-electron chi connectivity index (χ0n) is 12.1. The van der Waals surface area contributed by atoms with E-state index in [0.29, 0.717) is 18.9 Å².